The van der Waals surface area contributed by atoms with Gasteiger partial charge in [0.1, 0.15) is 11.4 Å². The number of nitrogens with zero attached hydrogens (tertiary/aromatic N) is 1. The molecule has 4 heteroatoms. The Morgan fingerprint density at radius 2 is 1.92 bits per heavy atom. The number of nitrogens with one attached hydrogen (secondary N) is 1. The summed E-state index contributed by atoms with van der Waals surface area (Å²) in [5, 5.41) is 3.32. The van der Waals surface area contributed by atoms with Gasteiger partial charge in [0.2, 0.25) is 0 Å². The maximum Gasteiger partial charge on any atom is 0.255 e. The van der Waals surface area contributed by atoms with Gasteiger partial charge in [-0.25, -0.2) is 0 Å². The van der Waals surface area contributed by atoms with Crippen molar-refractivity contribution in [3.8, 4) is 5.75 Å². The standard InChI is InChI=1S/C22H32N2O2/c1-4-22(5-2)12-11-15-7-6-8-19(20(15)26-22)21(25)23-16-13-17-9-10-18(14-16)24(17)3/h6-8,16-18H,4-5,9-14H2,1-3H3,(H,23,25). The Bertz CT molecular complexity index is 669. The Balaban J connectivity index is 1.53. The van der Waals surface area contributed by atoms with Crippen LogP contribution in [0.15, 0.2) is 18.2 Å². The summed E-state index contributed by atoms with van der Waals surface area (Å²) in [6.07, 6.45) is 8.69. The molecule has 0 saturated carbocycles. The zero-order valence-corrected chi connectivity index (χ0v) is 16.4. The molecule has 2 bridgehead atoms. The maximum absolute atomic E-state index is 13.1. The Kier molecular flexibility index (Phi) is 4.72. The minimum atomic E-state index is -0.115. The number of benzene rings is 1. The van der Waals surface area contributed by atoms with Crippen molar-refractivity contribution in [2.75, 3.05) is 7.05 Å². The van der Waals surface area contributed by atoms with Gasteiger partial charge in [-0.15, -0.1) is 0 Å². The molecule has 3 aliphatic heterocycles. The van der Waals surface area contributed by atoms with Crippen LogP contribution >= 0.6 is 0 Å². The number of carbonyl (C=O) groups excluding carboxylic acids is 1. The summed E-state index contributed by atoms with van der Waals surface area (Å²) in [6.45, 7) is 4.37. The maximum atomic E-state index is 13.1. The molecule has 2 saturated heterocycles. The van der Waals surface area contributed by atoms with Crippen molar-refractivity contribution >= 4 is 5.91 Å². The Hall–Kier alpha value is -1.55. The highest BCUT2D eigenvalue weighted by Crippen LogP contribution is 2.40. The van der Waals surface area contributed by atoms with Crippen LogP contribution in [0.3, 0.4) is 0 Å². The lowest BCUT2D eigenvalue weighted by Crippen LogP contribution is -2.49. The van der Waals surface area contributed by atoms with Gasteiger partial charge >= 0.3 is 0 Å². The Morgan fingerprint density at radius 3 is 2.58 bits per heavy atom. The number of hydrogen-bond donors (Lipinski definition) is 1. The average Bonchev–Trinajstić information content (AvgIpc) is 2.87. The molecule has 0 spiro atoms. The first-order valence-corrected chi connectivity index (χ1v) is 10.4. The molecule has 4 nitrogen and oxygen atoms in total. The molecule has 3 aliphatic rings. The molecule has 0 radical (unpaired) electrons. The van der Waals surface area contributed by atoms with Gasteiger partial charge in [-0.3, -0.25) is 4.79 Å². The monoisotopic (exact) mass is 356 g/mol. The van der Waals surface area contributed by atoms with Crippen molar-refractivity contribution in [3.05, 3.63) is 29.3 Å². The van der Waals surface area contributed by atoms with Crippen LogP contribution in [0.2, 0.25) is 0 Å². The van der Waals surface area contributed by atoms with Gasteiger partial charge in [-0.1, -0.05) is 26.0 Å². The third-order valence-electron chi connectivity index (χ3n) is 7.23. The molecule has 0 aliphatic carbocycles. The topological polar surface area (TPSA) is 41.6 Å². The number of fused-ring (bicyclic) bond motifs is 3. The molecule has 2 unspecified atom stereocenters. The highest BCUT2D eigenvalue weighted by molar-refractivity contribution is 5.97. The summed E-state index contributed by atoms with van der Waals surface area (Å²) in [5.74, 6) is 0.870. The van der Waals surface area contributed by atoms with Crippen molar-refractivity contribution in [2.24, 2.45) is 0 Å². The first-order chi connectivity index (χ1) is 12.5. The fourth-order valence-corrected chi connectivity index (χ4v) is 5.25. The van der Waals surface area contributed by atoms with E-state index >= 15 is 0 Å². The average molecular weight is 357 g/mol. The lowest BCUT2D eigenvalue weighted by molar-refractivity contribution is 0.0368. The number of hydrogen-bond acceptors (Lipinski definition) is 3. The number of rotatable bonds is 4. The minimum Gasteiger partial charge on any atom is -0.486 e. The Labute approximate surface area is 157 Å². The fourth-order valence-electron chi connectivity index (χ4n) is 5.25. The molecule has 4 rings (SSSR count). The highest BCUT2D eigenvalue weighted by Gasteiger charge is 2.40. The van der Waals surface area contributed by atoms with E-state index in [1.807, 2.05) is 12.1 Å². The molecule has 26 heavy (non-hydrogen) atoms. The quantitative estimate of drug-likeness (QED) is 0.889. The molecule has 142 valence electrons. The number of ether oxygens (including phenoxy) is 1. The summed E-state index contributed by atoms with van der Waals surface area (Å²) in [7, 11) is 2.23. The molecule has 1 aromatic rings. The van der Waals surface area contributed by atoms with Gasteiger partial charge in [-0.05, 0) is 70.0 Å². The normalized spacial score (nSPS) is 29.7. The smallest absolute Gasteiger partial charge is 0.255 e. The summed E-state index contributed by atoms with van der Waals surface area (Å²) in [5.41, 5.74) is 1.79. The first-order valence-electron chi connectivity index (χ1n) is 10.4. The van der Waals surface area contributed by atoms with Crippen molar-refractivity contribution < 1.29 is 9.53 Å². The van der Waals surface area contributed by atoms with E-state index in [1.54, 1.807) is 0 Å². The van der Waals surface area contributed by atoms with Crippen molar-refractivity contribution in [3.63, 3.8) is 0 Å². The van der Waals surface area contributed by atoms with Gasteiger partial charge in [0, 0.05) is 18.1 Å². The van der Waals surface area contributed by atoms with Gasteiger partial charge in [0.25, 0.3) is 5.91 Å². The van der Waals surface area contributed by atoms with E-state index in [-0.39, 0.29) is 17.6 Å². The van der Waals surface area contributed by atoms with E-state index in [9.17, 15) is 4.79 Å². The van der Waals surface area contributed by atoms with Gasteiger partial charge in [0.05, 0.1) is 5.56 Å². The van der Waals surface area contributed by atoms with Gasteiger partial charge in [0.15, 0.2) is 0 Å². The third-order valence-corrected chi connectivity index (χ3v) is 7.23. The Morgan fingerprint density at radius 1 is 1.23 bits per heavy atom. The van der Waals surface area contributed by atoms with Crippen LogP contribution in [-0.4, -0.2) is 41.6 Å². The lowest BCUT2D eigenvalue weighted by Gasteiger charge is -2.39. The van der Waals surface area contributed by atoms with Crippen LogP contribution in [-0.2, 0) is 6.42 Å². The van der Waals surface area contributed by atoms with Crippen molar-refractivity contribution in [2.45, 2.75) is 88.9 Å². The second kappa shape index (κ2) is 6.88. The molecule has 2 atom stereocenters. The zero-order chi connectivity index (χ0) is 18.3. The zero-order valence-electron chi connectivity index (χ0n) is 16.4. The van der Waals surface area contributed by atoms with Crippen LogP contribution in [0.5, 0.6) is 5.75 Å². The summed E-state index contributed by atoms with van der Waals surface area (Å²) >= 11 is 0. The molecule has 3 heterocycles. The SMILES string of the molecule is CCC1(CC)CCc2cccc(C(=O)NC3CC4CCC(C3)N4C)c2O1. The molecule has 1 N–H and O–H groups in total. The molecular weight excluding hydrogens is 324 g/mol. The van der Waals surface area contributed by atoms with Crippen LogP contribution < -0.4 is 10.1 Å². The van der Waals surface area contributed by atoms with Gasteiger partial charge in [-0.2, -0.15) is 0 Å². The van der Waals surface area contributed by atoms with Crippen LogP contribution in [0, 0.1) is 0 Å². The van der Waals surface area contributed by atoms with Crippen LogP contribution in [0.4, 0.5) is 0 Å². The van der Waals surface area contributed by atoms with E-state index in [1.165, 1.54) is 18.4 Å². The summed E-state index contributed by atoms with van der Waals surface area (Å²) < 4.78 is 6.46. The summed E-state index contributed by atoms with van der Waals surface area (Å²) in [6, 6.07) is 7.59. The number of carbonyl (C=O) groups is 1. The molecule has 1 aromatic carbocycles. The second-order valence-corrected chi connectivity index (χ2v) is 8.48. The predicted octanol–water partition coefficient (Wildman–Crippen LogP) is 3.93. The van der Waals surface area contributed by atoms with E-state index in [0.29, 0.717) is 12.1 Å². The number of aryl methyl sites for hydroxylation is 1. The van der Waals surface area contributed by atoms with E-state index < -0.39 is 0 Å². The van der Waals surface area contributed by atoms with Crippen molar-refractivity contribution in [1.82, 2.24) is 10.2 Å². The van der Waals surface area contributed by atoms with Crippen LogP contribution in [0.25, 0.3) is 0 Å². The molecule has 2 fully saturated rings. The van der Waals surface area contributed by atoms with Crippen molar-refractivity contribution in [1.29, 1.82) is 0 Å². The van der Waals surface area contributed by atoms with E-state index in [2.05, 4.69) is 37.2 Å². The third kappa shape index (κ3) is 3.02. The molecule has 0 aromatic heterocycles. The minimum absolute atomic E-state index is 0.0406. The predicted molar refractivity (Wildman–Crippen MR) is 104 cm³/mol. The largest absolute Gasteiger partial charge is 0.486 e. The van der Waals surface area contributed by atoms with E-state index in [0.717, 1.165) is 49.8 Å². The second-order valence-electron chi connectivity index (χ2n) is 8.48. The highest BCUT2D eigenvalue weighted by atomic mass is 16.5. The molecular formula is C22H32N2O2. The van der Waals surface area contributed by atoms with Crippen LogP contribution in [0.1, 0.15) is 74.7 Å². The summed E-state index contributed by atoms with van der Waals surface area (Å²) in [4.78, 5) is 15.6. The molecule has 1 amide bonds. The number of amides is 1. The fraction of sp³-hybridized carbons (Fsp3) is 0.682. The number of para-hydroxylation sites is 1. The first kappa shape index (κ1) is 17.8. The van der Waals surface area contributed by atoms with Gasteiger partial charge < -0.3 is 15.0 Å². The number of piperidine rings is 1. The van der Waals surface area contributed by atoms with E-state index in [4.69, 9.17) is 4.74 Å². The lowest BCUT2D eigenvalue weighted by atomic mass is 9.86.